The van der Waals surface area contributed by atoms with Crippen LogP contribution in [0.5, 0.6) is 17.2 Å². The third-order valence-corrected chi connectivity index (χ3v) is 3.45. The van der Waals surface area contributed by atoms with Crippen LogP contribution in [0.2, 0.25) is 5.02 Å². The second-order valence-corrected chi connectivity index (χ2v) is 5.33. The zero-order chi connectivity index (χ0) is 16.9. The second-order valence-electron chi connectivity index (χ2n) is 4.90. The fraction of sp³-hybridized carbons (Fsp3) is 0.176. The van der Waals surface area contributed by atoms with Crippen molar-refractivity contribution in [3.8, 4) is 17.2 Å². The molecule has 0 saturated heterocycles. The summed E-state index contributed by atoms with van der Waals surface area (Å²) in [5.74, 6) is 0.532. The van der Waals surface area contributed by atoms with Gasteiger partial charge in [-0.1, -0.05) is 17.7 Å². The van der Waals surface area contributed by atoms with Crippen LogP contribution in [0, 0.1) is 0 Å². The molecule has 24 heavy (non-hydrogen) atoms. The number of carbonyl (C=O) groups is 2. The van der Waals surface area contributed by atoms with Crippen LogP contribution in [0.3, 0.4) is 0 Å². The van der Waals surface area contributed by atoms with Gasteiger partial charge in [0.25, 0.3) is 0 Å². The van der Waals surface area contributed by atoms with Crippen LogP contribution < -0.4 is 14.2 Å². The number of Topliss-reactive ketones (excluding diaryl/α,β-unsaturated/α-hetero) is 1. The van der Waals surface area contributed by atoms with Crippen molar-refractivity contribution in [3.63, 3.8) is 0 Å². The first-order valence-corrected chi connectivity index (χ1v) is 7.46. The molecule has 0 atom stereocenters. The predicted molar refractivity (Wildman–Crippen MR) is 84.8 cm³/mol. The fourth-order valence-corrected chi connectivity index (χ4v) is 2.22. The Kier molecular flexibility index (Phi) is 4.86. The van der Waals surface area contributed by atoms with Gasteiger partial charge in [0.05, 0.1) is 0 Å². The maximum absolute atomic E-state index is 12.0. The maximum atomic E-state index is 12.0. The SMILES string of the molecule is O=C(COc1cccc(Cl)c1)OCC(=O)c1ccc2c(c1)OCO2. The summed E-state index contributed by atoms with van der Waals surface area (Å²) in [5.41, 5.74) is 0.378. The first-order chi connectivity index (χ1) is 11.6. The van der Waals surface area contributed by atoms with Gasteiger partial charge in [0.15, 0.2) is 30.5 Å². The third-order valence-electron chi connectivity index (χ3n) is 3.21. The highest BCUT2D eigenvalue weighted by Gasteiger charge is 2.17. The third kappa shape index (κ3) is 3.97. The van der Waals surface area contributed by atoms with Crippen LogP contribution >= 0.6 is 11.6 Å². The standard InChI is InChI=1S/C17H13ClO6/c18-12-2-1-3-13(7-12)21-9-17(20)22-8-14(19)11-4-5-15-16(6-11)24-10-23-15/h1-7H,8-10H2. The van der Waals surface area contributed by atoms with Crippen LogP contribution in [0.25, 0.3) is 0 Å². The number of halogens is 1. The molecule has 0 aliphatic carbocycles. The highest BCUT2D eigenvalue weighted by atomic mass is 35.5. The van der Waals surface area contributed by atoms with Crippen molar-refractivity contribution in [2.45, 2.75) is 0 Å². The number of ketones is 1. The van der Waals surface area contributed by atoms with Gasteiger partial charge in [0.2, 0.25) is 6.79 Å². The summed E-state index contributed by atoms with van der Waals surface area (Å²) in [6, 6.07) is 11.4. The second kappa shape index (κ2) is 7.23. The van der Waals surface area contributed by atoms with Gasteiger partial charge in [0, 0.05) is 10.6 Å². The van der Waals surface area contributed by atoms with E-state index >= 15 is 0 Å². The molecule has 0 saturated carbocycles. The molecule has 0 N–H and O–H groups in total. The summed E-state index contributed by atoms with van der Waals surface area (Å²) < 4.78 is 20.5. The normalized spacial score (nSPS) is 11.9. The van der Waals surface area contributed by atoms with Crippen LogP contribution in [0.15, 0.2) is 42.5 Å². The lowest BCUT2D eigenvalue weighted by atomic mass is 10.1. The molecule has 2 aromatic rings. The molecule has 7 heteroatoms. The Labute approximate surface area is 142 Å². The molecule has 1 aliphatic rings. The van der Waals surface area contributed by atoms with Gasteiger partial charge < -0.3 is 18.9 Å². The Bertz CT molecular complexity index is 773. The first kappa shape index (κ1) is 16.1. The molecule has 0 unspecified atom stereocenters. The number of esters is 1. The molecule has 1 heterocycles. The Morgan fingerprint density at radius 1 is 1.04 bits per heavy atom. The molecular weight excluding hydrogens is 336 g/mol. The first-order valence-electron chi connectivity index (χ1n) is 7.08. The van der Waals surface area contributed by atoms with Gasteiger partial charge in [-0.05, 0) is 36.4 Å². The Morgan fingerprint density at radius 2 is 1.88 bits per heavy atom. The summed E-state index contributed by atoms with van der Waals surface area (Å²) in [5, 5.41) is 0.499. The van der Waals surface area contributed by atoms with Gasteiger partial charge in [-0.3, -0.25) is 4.79 Å². The molecule has 0 spiro atoms. The van der Waals surface area contributed by atoms with Crippen molar-refractivity contribution >= 4 is 23.4 Å². The summed E-state index contributed by atoms with van der Waals surface area (Å²) in [6.07, 6.45) is 0. The monoisotopic (exact) mass is 348 g/mol. The largest absolute Gasteiger partial charge is 0.482 e. The summed E-state index contributed by atoms with van der Waals surface area (Å²) in [4.78, 5) is 23.7. The highest BCUT2D eigenvalue weighted by Crippen LogP contribution is 2.32. The molecule has 6 nitrogen and oxygen atoms in total. The van der Waals surface area contributed by atoms with Crippen molar-refractivity contribution in [2.75, 3.05) is 20.0 Å². The molecule has 2 aromatic carbocycles. The van der Waals surface area contributed by atoms with Crippen LogP contribution in [-0.2, 0) is 9.53 Å². The molecule has 1 aliphatic heterocycles. The van der Waals surface area contributed by atoms with Gasteiger partial charge in [-0.2, -0.15) is 0 Å². The number of carbonyl (C=O) groups excluding carboxylic acids is 2. The predicted octanol–water partition coefficient (Wildman–Crippen LogP) is 2.87. The average Bonchev–Trinajstić information content (AvgIpc) is 3.05. The van der Waals surface area contributed by atoms with Crippen LogP contribution in [0.4, 0.5) is 0 Å². The minimum atomic E-state index is -0.649. The Balaban J connectivity index is 1.48. The summed E-state index contributed by atoms with van der Waals surface area (Å²) in [6.45, 7) is -0.561. The zero-order valence-electron chi connectivity index (χ0n) is 12.5. The Morgan fingerprint density at radius 3 is 2.71 bits per heavy atom. The van der Waals surface area contributed by atoms with Crippen LogP contribution in [0.1, 0.15) is 10.4 Å². The van der Waals surface area contributed by atoms with E-state index in [9.17, 15) is 9.59 Å². The molecule has 124 valence electrons. The number of benzene rings is 2. The van der Waals surface area contributed by atoms with E-state index in [1.807, 2.05) is 0 Å². The van der Waals surface area contributed by atoms with E-state index in [-0.39, 0.29) is 25.8 Å². The molecule has 0 amide bonds. The van der Waals surface area contributed by atoms with Gasteiger partial charge in [0.1, 0.15) is 5.75 Å². The van der Waals surface area contributed by atoms with Gasteiger partial charge >= 0.3 is 5.97 Å². The molecular formula is C17H13ClO6. The van der Waals surface area contributed by atoms with E-state index < -0.39 is 5.97 Å². The minimum Gasteiger partial charge on any atom is -0.482 e. The van der Waals surface area contributed by atoms with Crippen molar-refractivity contribution in [3.05, 3.63) is 53.1 Å². The Hall–Kier alpha value is -2.73. The zero-order valence-corrected chi connectivity index (χ0v) is 13.2. The lowest BCUT2D eigenvalue weighted by Crippen LogP contribution is -2.19. The quantitative estimate of drug-likeness (QED) is 0.590. The average molecular weight is 349 g/mol. The smallest absolute Gasteiger partial charge is 0.344 e. The topological polar surface area (TPSA) is 71.1 Å². The van der Waals surface area contributed by atoms with E-state index in [0.29, 0.717) is 27.8 Å². The number of rotatable bonds is 6. The summed E-state index contributed by atoms with van der Waals surface area (Å²) in [7, 11) is 0. The summed E-state index contributed by atoms with van der Waals surface area (Å²) >= 11 is 5.81. The van der Waals surface area contributed by atoms with Gasteiger partial charge in [-0.25, -0.2) is 4.79 Å². The highest BCUT2D eigenvalue weighted by molar-refractivity contribution is 6.30. The molecule has 0 radical (unpaired) electrons. The number of fused-ring (bicyclic) bond motifs is 1. The molecule has 0 bridgehead atoms. The van der Waals surface area contributed by atoms with E-state index in [2.05, 4.69) is 0 Å². The lowest BCUT2D eigenvalue weighted by Gasteiger charge is -2.07. The molecule has 0 aromatic heterocycles. The maximum Gasteiger partial charge on any atom is 0.344 e. The number of hydrogen-bond donors (Lipinski definition) is 0. The number of hydrogen-bond acceptors (Lipinski definition) is 6. The van der Waals surface area contributed by atoms with Crippen molar-refractivity contribution < 1.29 is 28.5 Å². The van der Waals surface area contributed by atoms with Crippen molar-refractivity contribution in [1.29, 1.82) is 0 Å². The van der Waals surface area contributed by atoms with E-state index in [4.69, 9.17) is 30.5 Å². The van der Waals surface area contributed by atoms with E-state index in [1.54, 1.807) is 42.5 Å². The number of ether oxygens (including phenoxy) is 4. The van der Waals surface area contributed by atoms with Gasteiger partial charge in [-0.15, -0.1) is 0 Å². The fourth-order valence-electron chi connectivity index (χ4n) is 2.04. The van der Waals surface area contributed by atoms with E-state index in [1.165, 1.54) is 0 Å². The molecule has 3 rings (SSSR count). The van der Waals surface area contributed by atoms with Crippen molar-refractivity contribution in [1.82, 2.24) is 0 Å². The minimum absolute atomic E-state index is 0.128. The van der Waals surface area contributed by atoms with Crippen molar-refractivity contribution in [2.24, 2.45) is 0 Å². The van der Waals surface area contributed by atoms with Crippen LogP contribution in [-0.4, -0.2) is 31.8 Å². The van der Waals surface area contributed by atoms with E-state index in [0.717, 1.165) is 0 Å². The lowest BCUT2D eigenvalue weighted by molar-refractivity contribution is -0.144. The molecule has 0 fully saturated rings.